The molecule has 0 bridgehead atoms. The first-order chi connectivity index (χ1) is 17.0. The molecule has 0 spiro atoms. The molecule has 5 rings (SSSR count). The number of benzene rings is 2. The van der Waals surface area contributed by atoms with Crippen molar-refractivity contribution in [1.82, 2.24) is 9.58 Å². The van der Waals surface area contributed by atoms with Crippen molar-refractivity contribution in [2.24, 2.45) is 5.10 Å². The molecule has 0 radical (unpaired) electrons. The Labute approximate surface area is 204 Å². The molecule has 0 saturated heterocycles. The summed E-state index contributed by atoms with van der Waals surface area (Å²) in [6.45, 7) is -0.422. The third-order valence-corrected chi connectivity index (χ3v) is 5.94. The lowest BCUT2D eigenvalue weighted by atomic mass is 10.0. The van der Waals surface area contributed by atoms with E-state index in [1.54, 1.807) is 48.5 Å². The Bertz CT molecular complexity index is 1450. The molecule has 3 heterocycles. The van der Waals surface area contributed by atoms with E-state index in [0.29, 0.717) is 34.0 Å². The minimum atomic E-state index is -0.619. The summed E-state index contributed by atoms with van der Waals surface area (Å²) < 4.78 is 17.2. The molecular weight excluding hydrogens is 474 g/mol. The summed E-state index contributed by atoms with van der Waals surface area (Å²) in [6, 6.07) is 17.1. The number of fused-ring (bicyclic) bond motifs is 1. The third-order valence-electron chi connectivity index (χ3n) is 5.68. The first-order valence-electron chi connectivity index (χ1n) is 10.9. The standard InChI is InChI=1S/C25H20ClN3O6/c26-17-9-7-16(8-10-17)18-14-20(21-6-3-13-33-21)29(27-18)23(30)15-34-24(31)11-12-28-19-4-1-2-5-22(19)35-25(28)32/h1-10,13,20H,11-12,14-15H2. The van der Waals surface area contributed by atoms with Crippen LogP contribution < -0.4 is 5.76 Å². The lowest BCUT2D eigenvalue weighted by Gasteiger charge is -2.19. The maximum Gasteiger partial charge on any atom is 0.419 e. The van der Waals surface area contributed by atoms with Crippen molar-refractivity contribution in [1.29, 1.82) is 0 Å². The zero-order valence-corrected chi connectivity index (χ0v) is 19.2. The molecular formula is C25H20ClN3O6. The number of para-hydroxylation sites is 2. The fraction of sp³-hybridized carbons (Fsp3) is 0.200. The van der Waals surface area contributed by atoms with E-state index in [1.807, 2.05) is 12.1 Å². The van der Waals surface area contributed by atoms with Crippen LogP contribution in [0.15, 0.2) is 85.7 Å². The van der Waals surface area contributed by atoms with E-state index in [1.165, 1.54) is 15.8 Å². The first kappa shape index (κ1) is 22.7. The van der Waals surface area contributed by atoms with Gasteiger partial charge in [-0.05, 0) is 42.0 Å². The number of furan rings is 1. The van der Waals surface area contributed by atoms with Crippen LogP contribution in [0.4, 0.5) is 0 Å². The molecule has 0 saturated carbocycles. The number of amides is 1. The topological polar surface area (TPSA) is 107 Å². The predicted molar refractivity (Wildman–Crippen MR) is 127 cm³/mol. The summed E-state index contributed by atoms with van der Waals surface area (Å²) in [4.78, 5) is 37.3. The van der Waals surface area contributed by atoms with E-state index in [4.69, 9.17) is 25.2 Å². The molecule has 0 N–H and O–H groups in total. The summed E-state index contributed by atoms with van der Waals surface area (Å²) in [5.41, 5.74) is 2.54. The molecule has 0 fully saturated rings. The first-order valence-corrected chi connectivity index (χ1v) is 11.3. The second-order valence-electron chi connectivity index (χ2n) is 7.93. The van der Waals surface area contributed by atoms with Crippen LogP contribution in [0.25, 0.3) is 11.1 Å². The lowest BCUT2D eigenvalue weighted by Crippen LogP contribution is -2.31. The van der Waals surface area contributed by atoms with Gasteiger partial charge in [-0.2, -0.15) is 5.10 Å². The number of ether oxygens (including phenoxy) is 1. The second-order valence-corrected chi connectivity index (χ2v) is 8.36. The van der Waals surface area contributed by atoms with Gasteiger partial charge in [-0.25, -0.2) is 9.80 Å². The number of halogens is 1. The molecule has 2 aromatic carbocycles. The molecule has 1 amide bonds. The quantitative estimate of drug-likeness (QED) is 0.358. The minimum Gasteiger partial charge on any atom is -0.467 e. The van der Waals surface area contributed by atoms with Crippen LogP contribution in [-0.2, 0) is 20.9 Å². The van der Waals surface area contributed by atoms with E-state index in [0.717, 1.165) is 5.56 Å². The smallest absolute Gasteiger partial charge is 0.419 e. The van der Waals surface area contributed by atoms with Gasteiger partial charge in [0, 0.05) is 18.0 Å². The Morgan fingerprint density at radius 1 is 1.09 bits per heavy atom. The van der Waals surface area contributed by atoms with Crippen molar-refractivity contribution in [3.63, 3.8) is 0 Å². The summed E-state index contributed by atoms with van der Waals surface area (Å²) in [5, 5.41) is 6.36. The second kappa shape index (κ2) is 9.63. The van der Waals surface area contributed by atoms with Crippen LogP contribution in [0.1, 0.15) is 30.2 Å². The normalized spacial score (nSPS) is 15.4. The Hall–Kier alpha value is -4.11. The van der Waals surface area contributed by atoms with Gasteiger partial charge in [-0.1, -0.05) is 35.9 Å². The molecule has 1 aliphatic rings. The number of hydrogen-bond donors (Lipinski definition) is 0. The number of hydrazone groups is 1. The van der Waals surface area contributed by atoms with Crippen LogP contribution in [0.5, 0.6) is 0 Å². The van der Waals surface area contributed by atoms with Gasteiger partial charge in [0.1, 0.15) is 11.8 Å². The van der Waals surface area contributed by atoms with Crippen molar-refractivity contribution < 1.29 is 23.2 Å². The zero-order chi connectivity index (χ0) is 24.4. The van der Waals surface area contributed by atoms with Crippen LogP contribution in [-0.4, -0.2) is 33.8 Å². The molecule has 4 aromatic rings. The van der Waals surface area contributed by atoms with E-state index < -0.39 is 30.3 Å². The van der Waals surface area contributed by atoms with Crippen molar-refractivity contribution in [2.75, 3.05) is 6.61 Å². The van der Waals surface area contributed by atoms with Gasteiger partial charge < -0.3 is 13.6 Å². The highest BCUT2D eigenvalue weighted by Crippen LogP contribution is 2.33. The summed E-state index contributed by atoms with van der Waals surface area (Å²) in [5.74, 6) is -1.10. The van der Waals surface area contributed by atoms with Crippen LogP contribution in [0, 0.1) is 0 Å². The number of rotatable bonds is 7. The van der Waals surface area contributed by atoms with Gasteiger partial charge in [-0.3, -0.25) is 14.2 Å². The Morgan fingerprint density at radius 3 is 2.66 bits per heavy atom. The maximum atomic E-state index is 13.0. The summed E-state index contributed by atoms with van der Waals surface area (Å²) in [6.07, 6.45) is 1.86. The number of esters is 1. The number of oxazole rings is 1. The van der Waals surface area contributed by atoms with Crippen molar-refractivity contribution >= 4 is 40.3 Å². The SMILES string of the molecule is O=C(CCn1c(=O)oc2ccccc21)OCC(=O)N1N=C(c2ccc(Cl)cc2)CC1c1ccco1. The zero-order valence-electron chi connectivity index (χ0n) is 18.4. The molecule has 10 heteroatoms. The van der Waals surface area contributed by atoms with Gasteiger partial charge in [0.25, 0.3) is 5.91 Å². The van der Waals surface area contributed by atoms with Gasteiger partial charge in [-0.15, -0.1) is 0 Å². The number of aromatic nitrogens is 1. The molecule has 9 nitrogen and oxygen atoms in total. The van der Waals surface area contributed by atoms with E-state index in [2.05, 4.69) is 5.10 Å². The van der Waals surface area contributed by atoms with Crippen molar-refractivity contribution in [3.05, 3.63) is 93.8 Å². The third kappa shape index (κ3) is 4.76. The van der Waals surface area contributed by atoms with E-state index in [-0.39, 0.29) is 13.0 Å². The largest absolute Gasteiger partial charge is 0.467 e. The van der Waals surface area contributed by atoms with Crippen LogP contribution >= 0.6 is 11.6 Å². The molecule has 1 unspecified atom stereocenters. The average Bonchev–Trinajstić information content (AvgIpc) is 3.60. The number of carbonyl (C=O) groups excluding carboxylic acids is 2. The Kier molecular flexibility index (Phi) is 6.24. The lowest BCUT2D eigenvalue weighted by molar-refractivity contribution is -0.153. The fourth-order valence-electron chi connectivity index (χ4n) is 3.97. The Morgan fingerprint density at radius 2 is 1.89 bits per heavy atom. The van der Waals surface area contributed by atoms with Gasteiger partial charge in [0.05, 0.1) is 23.9 Å². The van der Waals surface area contributed by atoms with Crippen LogP contribution in [0.2, 0.25) is 5.02 Å². The minimum absolute atomic E-state index is 0.0699. The van der Waals surface area contributed by atoms with E-state index >= 15 is 0 Å². The molecule has 2 aromatic heterocycles. The van der Waals surface area contributed by atoms with Crippen molar-refractivity contribution in [3.8, 4) is 0 Å². The predicted octanol–water partition coefficient (Wildman–Crippen LogP) is 4.15. The van der Waals surface area contributed by atoms with Gasteiger partial charge >= 0.3 is 11.7 Å². The molecule has 1 atom stereocenters. The van der Waals surface area contributed by atoms with Gasteiger partial charge in [0.15, 0.2) is 12.2 Å². The van der Waals surface area contributed by atoms with E-state index in [9.17, 15) is 14.4 Å². The van der Waals surface area contributed by atoms with Gasteiger partial charge in [0.2, 0.25) is 0 Å². The Balaban J connectivity index is 1.24. The summed E-state index contributed by atoms with van der Waals surface area (Å²) in [7, 11) is 0. The van der Waals surface area contributed by atoms with Crippen molar-refractivity contribution in [2.45, 2.75) is 25.4 Å². The highest BCUT2D eigenvalue weighted by molar-refractivity contribution is 6.30. The molecule has 1 aliphatic heterocycles. The number of carbonyl (C=O) groups is 2. The summed E-state index contributed by atoms with van der Waals surface area (Å²) >= 11 is 5.98. The number of nitrogens with zero attached hydrogens (tertiary/aromatic N) is 3. The molecule has 0 aliphatic carbocycles. The molecule has 35 heavy (non-hydrogen) atoms. The highest BCUT2D eigenvalue weighted by Gasteiger charge is 2.35. The number of hydrogen-bond acceptors (Lipinski definition) is 7. The van der Waals surface area contributed by atoms with Crippen LogP contribution in [0.3, 0.4) is 0 Å². The maximum absolute atomic E-state index is 13.0. The fourth-order valence-corrected chi connectivity index (χ4v) is 4.09. The average molecular weight is 494 g/mol. The molecule has 178 valence electrons. The highest BCUT2D eigenvalue weighted by atomic mass is 35.5. The monoisotopic (exact) mass is 493 g/mol. The number of aryl methyl sites for hydroxylation is 1.